The van der Waals surface area contributed by atoms with E-state index in [1.807, 2.05) is 0 Å². The molecule has 3 N–H and O–H groups in total. The van der Waals surface area contributed by atoms with E-state index in [-0.39, 0.29) is 19.0 Å². The molecule has 0 bridgehead atoms. The molecule has 1 fully saturated rings. The lowest BCUT2D eigenvalue weighted by Gasteiger charge is -2.15. The number of benzene rings is 1. The van der Waals surface area contributed by atoms with E-state index in [1.54, 1.807) is 24.3 Å². The lowest BCUT2D eigenvalue weighted by molar-refractivity contribution is -0.119. The quantitative estimate of drug-likeness (QED) is 0.293. The molecule has 1 saturated heterocycles. The summed E-state index contributed by atoms with van der Waals surface area (Å²) in [5, 5.41) is 12.7. The number of nitrogens with zero attached hydrogens (tertiary/aromatic N) is 3. The first kappa shape index (κ1) is 22.7. The van der Waals surface area contributed by atoms with Crippen molar-refractivity contribution < 1.29 is 23.5 Å². The molecule has 11 heteroatoms. The Morgan fingerprint density at radius 3 is 2.84 bits per heavy atom. The maximum absolute atomic E-state index is 14.8. The number of amides is 3. The third-order valence-corrected chi connectivity index (χ3v) is 4.77. The number of aromatic nitrogens is 1. The van der Waals surface area contributed by atoms with E-state index in [1.165, 1.54) is 29.0 Å². The van der Waals surface area contributed by atoms with Crippen molar-refractivity contribution in [3.8, 4) is 11.1 Å². The van der Waals surface area contributed by atoms with Gasteiger partial charge in [-0.05, 0) is 30.3 Å². The summed E-state index contributed by atoms with van der Waals surface area (Å²) >= 11 is 0. The molecule has 3 amide bonds. The number of carbonyl (C=O) groups is 3. The van der Waals surface area contributed by atoms with E-state index in [0.717, 1.165) is 6.34 Å². The monoisotopic (exact) mass is 442 g/mol. The van der Waals surface area contributed by atoms with Crippen molar-refractivity contribution in [3.05, 3.63) is 42.3 Å². The molecule has 3 rings (SSSR count). The third kappa shape index (κ3) is 5.56. The molecule has 0 unspecified atom stereocenters. The topological polar surface area (TPSA) is 128 Å². The van der Waals surface area contributed by atoms with Gasteiger partial charge in [-0.3, -0.25) is 19.9 Å². The number of cyclic esters (lactones) is 1. The van der Waals surface area contributed by atoms with Crippen molar-refractivity contribution in [2.24, 2.45) is 0 Å². The van der Waals surface area contributed by atoms with Crippen LogP contribution in [-0.4, -0.2) is 66.9 Å². The fourth-order valence-electron chi connectivity index (χ4n) is 3.12. The Balaban J connectivity index is 1.64. The summed E-state index contributed by atoms with van der Waals surface area (Å²) in [7, 11) is 0. The van der Waals surface area contributed by atoms with Gasteiger partial charge >= 0.3 is 6.09 Å². The van der Waals surface area contributed by atoms with Gasteiger partial charge in [0.1, 0.15) is 17.7 Å². The van der Waals surface area contributed by atoms with Crippen LogP contribution >= 0.6 is 0 Å². The van der Waals surface area contributed by atoms with Gasteiger partial charge in [-0.25, -0.2) is 14.2 Å². The molecule has 0 radical (unpaired) electrons. The summed E-state index contributed by atoms with van der Waals surface area (Å²) in [4.78, 5) is 40.5. The van der Waals surface area contributed by atoms with E-state index >= 15 is 0 Å². The Morgan fingerprint density at radius 2 is 2.22 bits per heavy atom. The van der Waals surface area contributed by atoms with Crippen LogP contribution in [0.2, 0.25) is 0 Å². The van der Waals surface area contributed by atoms with Crippen LogP contribution in [0.4, 0.5) is 20.7 Å². The van der Waals surface area contributed by atoms with E-state index in [4.69, 9.17) is 10.1 Å². The van der Waals surface area contributed by atoms with Crippen molar-refractivity contribution in [1.82, 2.24) is 15.2 Å². The molecule has 0 spiro atoms. The summed E-state index contributed by atoms with van der Waals surface area (Å²) in [5.41, 5.74) is 1.24. The molecular formula is C21H23FN6O4. The summed E-state index contributed by atoms with van der Waals surface area (Å²) in [5.74, 6) is -0.193. The van der Waals surface area contributed by atoms with Crippen molar-refractivity contribution in [2.75, 3.05) is 36.4 Å². The molecule has 1 aromatic carbocycles. The average molecular weight is 442 g/mol. The van der Waals surface area contributed by atoms with E-state index in [2.05, 4.69) is 15.6 Å². The van der Waals surface area contributed by atoms with Crippen molar-refractivity contribution >= 4 is 36.3 Å². The number of hydrogen-bond donors (Lipinski definition) is 3. The van der Waals surface area contributed by atoms with Gasteiger partial charge in [-0.1, -0.05) is 0 Å². The van der Waals surface area contributed by atoms with Gasteiger partial charge in [0.25, 0.3) is 0 Å². The van der Waals surface area contributed by atoms with Crippen LogP contribution in [0.1, 0.15) is 6.92 Å². The van der Waals surface area contributed by atoms with Crippen LogP contribution in [0.3, 0.4) is 0 Å². The molecule has 1 atom stereocenters. The summed E-state index contributed by atoms with van der Waals surface area (Å²) in [6.45, 7) is 2.49. The number of halogens is 1. The van der Waals surface area contributed by atoms with Gasteiger partial charge in [-0.15, -0.1) is 0 Å². The molecule has 2 aromatic rings. The summed E-state index contributed by atoms with van der Waals surface area (Å²) in [6.07, 6.45) is 1.91. The maximum Gasteiger partial charge on any atom is 0.414 e. The van der Waals surface area contributed by atoms with Gasteiger partial charge < -0.3 is 20.3 Å². The molecule has 1 aromatic heterocycles. The molecule has 168 valence electrons. The lowest BCUT2D eigenvalue weighted by atomic mass is 10.1. The highest BCUT2D eigenvalue weighted by Gasteiger charge is 2.32. The molecule has 1 aliphatic heterocycles. The molecule has 2 heterocycles. The van der Waals surface area contributed by atoms with Crippen LogP contribution in [0.15, 0.2) is 36.5 Å². The Hall–Kier alpha value is -4.02. The normalized spacial score (nSPS) is 15.1. The minimum absolute atomic E-state index is 0.193. The van der Waals surface area contributed by atoms with Gasteiger partial charge in [0.15, 0.2) is 0 Å². The predicted octanol–water partition coefficient (Wildman–Crippen LogP) is 1.83. The lowest BCUT2D eigenvalue weighted by Crippen LogP contribution is -2.33. The van der Waals surface area contributed by atoms with Gasteiger partial charge in [0, 0.05) is 37.3 Å². The van der Waals surface area contributed by atoms with Crippen molar-refractivity contribution in [3.63, 3.8) is 0 Å². The fraction of sp³-hybridized carbons (Fsp3) is 0.286. The average Bonchev–Trinajstić information content (AvgIpc) is 3.16. The number of ether oxygens (including phenoxy) is 1. The number of nitrogens with one attached hydrogen (secondary N) is 3. The Bertz CT molecular complexity index is 992. The fourth-order valence-corrected chi connectivity index (χ4v) is 3.12. The van der Waals surface area contributed by atoms with Crippen LogP contribution in [-0.2, 0) is 14.3 Å². The zero-order chi connectivity index (χ0) is 23.1. The van der Waals surface area contributed by atoms with E-state index in [0.29, 0.717) is 42.1 Å². The minimum Gasteiger partial charge on any atom is -0.442 e. The molecular weight excluding hydrogens is 419 g/mol. The highest BCUT2D eigenvalue weighted by atomic mass is 19.1. The molecule has 32 heavy (non-hydrogen) atoms. The predicted molar refractivity (Wildman–Crippen MR) is 116 cm³/mol. The number of anilines is 2. The first-order chi connectivity index (χ1) is 15.4. The van der Waals surface area contributed by atoms with E-state index in [9.17, 15) is 18.8 Å². The highest BCUT2D eigenvalue weighted by Crippen LogP contribution is 2.29. The summed E-state index contributed by atoms with van der Waals surface area (Å²) < 4.78 is 20.0. The first-order valence-electron chi connectivity index (χ1n) is 9.85. The van der Waals surface area contributed by atoms with E-state index < -0.39 is 18.0 Å². The first-order valence-corrected chi connectivity index (χ1v) is 9.85. The maximum atomic E-state index is 14.8. The van der Waals surface area contributed by atoms with Crippen LogP contribution in [0, 0.1) is 11.2 Å². The van der Waals surface area contributed by atoms with Crippen molar-refractivity contribution in [2.45, 2.75) is 13.0 Å². The zero-order valence-electron chi connectivity index (χ0n) is 17.4. The molecule has 0 saturated carbocycles. The third-order valence-electron chi connectivity index (χ3n) is 4.77. The largest absolute Gasteiger partial charge is 0.442 e. The second-order valence-electron chi connectivity index (χ2n) is 7.05. The summed E-state index contributed by atoms with van der Waals surface area (Å²) in [6, 6.07) is 7.83. The number of hydrogen-bond acceptors (Lipinski definition) is 7. The molecule has 1 aliphatic rings. The van der Waals surface area contributed by atoms with Crippen LogP contribution in [0.5, 0.6) is 0 Å². The SMILES string of the molecule is CC(=O)NC[C@H]1CN(c2ccc(-c3ccc(NCCN(C=N)C=O)nc3)c(F)c2)C(=O)O1. The van der Waals surface area contributed by atoms with Crippen LogP contribution in [0.25, 0.3) is 11.1 Å². The minimum atomic E-state index is -0.597. The smallest absolute Gasteiger partial charge is 0.414 e. The zero-order valence-corrected chi connectivity index (χ0v) is 17.4. The second kappa shape index (κ2) is 10.3. The second-order valence-corrected chi connectivity index (χ2v) is 7.05. The number of pyridine rings is 1. The van der Waals surface area contributed by atoms with Crippen LogP contribution < -0.4 is 15.5 Å². The Kier molecular flexibility index (Phi) is 7.32. The highest BCUT2D eigenvalue weighted by molar-refractivity contribution is 5.90. The molecule has 10 nitrogen and oxygen atoms in total. The standard InChI is InChI=1S/C21H23FN6O4/c1-14(30)25-10-17-11-28(21(31)32-17)16-3-4-18(19(22)8-16)15-2-5-20(26-9-15)24-6-7-27(12-23)13-29/h2-5,8-9,12-13,17,23H,6-7,10-11H2,1H3,(H,24,26)(H,25,30)/t17-/m0/s1. The van der Waals surface area contributed by atoms with Crippen molar-refractivity contribution in [1.29, 1.82) is 5.41 Å². The molecule has 0 aliphatic carbocycles. The van der Waals surface area contributed by atoms with Gasteiger partial charge in [0.2, 0.25) is 12.3 Å². The Labute approximate surface area is 183 Å². The Morgan fingerprint density at radius 1 is 1.41 bits per heavy atom. The number of rotatable bonds is 10. The van der Waals surface area contributed by atoms with Gasteiger partial charge in [-0.2, -0.15) is 0 Å². The van der Waals surface area contributed by atoms with Gasteiger partial charge in [0.05, 0.1) is 25.1 Å². The number of carbonyl (C=O) groups excluding carboxylic acids is 3.